The molecule has 0 radical (unpaired) electrons. The van der Waals surface area contributed by atoms with E-state index in [9.17, 15) is 0 Å². The van der Waals surface area contributed by atoms with E-state index in [-0.39, 0.29) is 5.41 Å². The van der Waals surface area contributed by atoms with Crippen molar-refractivity contribution in [2.24, 2.45) is 21.7 Å². The summed E-state index contributed by atoms with van der Waals surface area (Å²) in [4.78, 5) is 8.52. The Bertz CT molecular complexity index is 856. The average Bonchev–Trinajstić information content (AvgIpc) is 2.79. The SMILES string of the molecule is CCOc1ncc(-c2cccc(NCC34CCC(/C(N)=N/O)(CC3)CC4)c2)cn1. The molecular formula is C22H29N5O2. The van der Waals surface area contributed by atoms with Gasteiger partial charge in [0.05, 0.1) is 6.61 Å². The standard InChI is InChI=1S/C22H29N5O2/c1-2-29-20-24-13-17(14-25-20)16-4-3-5-18(12-16)26-15-21-6-9-22(10-7-21,11-8-21)19(23)27-28/h3-5,12-14,26,28H,2,6-11,15H2,1H3,(H2,23,27). The Morgan fingerprint density at radius 2 is 1.83 bits per heavy atom. The second kappa shape index (κ2) is 7.89. The molecule has 2 bridgehead atoms. The van der Waals surface area contributed by atoms with E-state index in [1.54, 1.807) is 12.4 Å². The molecule has 2 aromatic rings. The summed E-state index contributed by atoms with van der Waals surface area (Å²) in [6.45, 7) is 3.42. The van der Waals surface area contributed by atoms with Crippen molar-refractivity contribution in [2.45, 2.75) is 45.4 Å². The van der Waals surface area contributed by atoms with Gasteiger partial charge in [0.25, 0.3) is 0 Å². The molecule has 3 saturated carbocycles. The molecule has 0 aliphatic heterocycles. The van der Waals surface area contributed by atoms with Crippen LogP contribution in [-0.2, 0) is 0 Å². The van der Waals surface area contributed by atoms with Crippen LogP contribution in [0.2, 0.25) is 0 Å². The van der Waals surface area contributed by atoms with Crippen molar-refractivity contribution in [2.75, 3.05) is 18.5 Å². The quantitative estimate of drug-likeness (QED) is 0.283. The van der Waals surface area contributed by atoms with Gasteiger partial charge in [0.15, 0.2) is 0 Å². The van der Waals surface area contributed by atoms with E-state index < -0.39 is 0 Å². The number of rotatable bonds is 7. The molecule has 3 aliphatic rings. The van der Waals surface area contributed by atoms with Crippen LogP contribution in [0.15, 0.2) is 41.8 Å². The van der Waals surface area contributed by atoms with Crippen LogP contribution in [0.3, 0.4) is 0 Å². The second-order valence-electron chi connectivity index (χ2n) is 8.39. The van der Waals surface area contributed by atoms with Crippen molar-refractivity contribution < 1.29 is 9.94 Å². The lowest BCUT2D eigenvalue weighted by atomic mass is 9.53. The maximum Gasteiger partial charge on any atom is 0.316 e. The molecule has 0 amide bonds. The average molecular weight is 396 g/mol. The van der Waals surface area contributed by atoms with Gasteiger partial charge in [-0.2, -0.15) is 0 Å². The van der Waals surface area contributed by atoms with Crippen LogP contribution < -0.4 is 15.8 Å². The number of anilines is 1. The fourth-order valence-corrected chi connectivity index (χ4v) is 4.79. The first-order valence-corrected chi connectivity index (χ1v) is 10.4. The normalized spacial score (nSPS) is 26.3. The number of fused-ring (bicyclic) bond motifs is 3. The van der Waals surface area contributed by atoms with E-state index in [0.717, 1.165) is 61.9 Å². The first-order chi connectivity index (χ1) is 14.1. The molecule has 3 aliphatic carbocycles. The second-order valence-corrected chi connectivity index (χ2v) is 8.39. The summed E-state index contributed by atoms with van der Waals surface area (Å²) in [5, 5.41) is 16.1. The van der Waals surface area contributed by atoms with Gasteiger partial charge in [0, 0.05) is 35.6 Å². The van der Waals surface area contributed by atoms with Crippen LogP contribution in [0.1, 0.15) is 45.4 Å². The van der Waals surface area contributed by atoms with E-state index in [0.29, 0.717) is 23.9 Å². The molecule has 7 nitrogen and oxygen atoms in total. The lowest BCUT2D eigenvalue weighted by Gasteiger charge is -2.53. The number of nitrogens with zero attached hydrogens (tertiary/aromatic N) is 3. The summed E-state index contributed by atoms with van der Waals surface area (Å²) in [5.74, 6) is 0.420. The Hall–Kier alpha value is -2.83. The lowest BCUT2D eigenvalue weighted by molar-refractivity contribution is 0.0410. The zero-order valence-electron chi connectivity index (χ0n) is 16.9. The minimum absolute atomic E-state index is 0.0793. The van der Waals surface area contributed by atoms with Gasteiger partial charge in [-0.15, -0.1) is 0 Å². The highest BCUT2D eigenvalue weighted by molar-refractivity contribution is 5.86. The van der Waals surface area contributed by atoms with Crippen LogP contribution >= 0.6 is 0 Å². The van der Waals surface area contributed by atoms with Gasteiger partial charge < -0.3 is 21.0 Å². The summed E-state index contributed by atoms with van der Waals surface area (Å²) >= 11 is 0. The molecule has 29 heavy (non-hydrogen) atoms. The number of nitrogens with two attached hydrogens (primary N) is 1. The first-order valence-electron chi connectivity index (χ1n) is 10.4. The van der Waals surface area contributed by atoms with Crippen LogP contribution in [0.5, 0.6) is 6.01 Å². The highest BCUT2D eigenvalue weighted by Crippen LogP contribution is 2.56. The fourth-order valence-electron chi connectivity index (χ4n) is 4.79. The molecule has 0 unspecified atom stereocenters. The minimum Gasteiger partial charge on any atom is -0.464 e. The predicted molar refractivity (Wildman–Crippen MR) is 113 cm³/mol. The molecule has 0 spiro atoms. The van der Waals surface area contributed by atoms with Gasteiger partial charge in [-0.25, -0.2) is 9.97 Å². The number of amidine groups is 1. The van der Waals surface area contributed by atoms with E-state index >= 15 is 0 Å². The number of oxime groups is 1. The Labute approximate surface area is 171 Å². The minimum atomic E-state index is -0.0793. The van der Waals surface area contributed by atoms with E-state index in [4.69, 9.17) is 15.7 Å². The third-order valence-electron chi connectivity index (χ3n) is 6.82. The van der Waals surface area contributed by atoms with Gasteiger partial charge in [-0.05, 0) is 68.6 Å². The molecular weight excluding hydrogens is 366 g/mol. The topological polar surface area (TPSA) is 106 Å². The molecule has 1 aromatic heterocycles. The number of benzene rings is 1. The van der Waals surface area contributed by atoms with Crippen LogP contribution in [0.25, 0.3) is 11.1 Å². The molecule has 154 valence electrons. The summed E-state index contributed by atoms with van der Waals surface area (Å²) in [5.41, 5.74) is 9.36. The zero-order chi connectivity index (χ0) is 20.3. The van der Waals surface area contributed by atoms with Crippen molar-refractivity contribution >= 4 is 11.5 Å². The molecule has 0 saturated heterocycles. The Kier molecular flexibility index (Phi) is 5.30. The van der Waals surface area contributed by atoms with Crippen molar-refractivity contribution in [1.29, 1.82) is 0 Å². The highest BCUT2D eigenvalue weighted by atomic mass is 16.5. The largest absolute Gasteiger partial charge is 0.464 e. The monoisotopic (exact) mass is 395 g/mol. The third kappa shape index (κ3) is 3.86. The van der Waals surface area contributed by atoms with Crippen molar-refractivity contribution in [1.82, 2.24) is 9.97 Å². The van der Waals surface area contributed by atoms with Crippen molar-refractivity contribution in [3.05, 3.63) is 36.7 Å². The molecule has 4 N–H and O–H groups in total. The van der Waals surface area contributed by atoms with Crippen molar-refractivity contribution in [3.63, 3.8) is 0 Å². The number of ether oxygens (including phenoxy) is 1. The summed E-state index contributed by atoms with van der Waals surface area (Å²) < 4.78 is 5.32. The van der Waals surface area contributed by atoms with Gasteiger partial charge in [-0.1, -0.05) is 17.3 Å². The molecule has 3 fully saturated rings. The van der Waals surface area contributed by atoms with Crippen LogP contribution in [-0.4, -0.2) is 34.2 Å². The molecule has 7 heteroatoms. The first kappa shape index (κ1) is 19.5. The number of hydrogen-bond donors (Lipinski definition) is 3. The Morgan fingerprint density at radius 1 is 1.14 bits per heavy atom. The van der Waals surface area contributed by atoms with E-state index in [1.807, 2.05) is 6.92 Å². The molecule has 1 heterocycles. The highest BCUT2D eigenvalue weighted by Gasteiger charge is 2.50. The summed E-state index contributed by atoms with van der Waals surface area (Å²) in [7, 11) is 0. The smallest absolute Gasteiger partial charge is 0.316 e. The number of aromatic nitrogens is 2. The summed E-state index contributed by atoms with van der Waals surface area (Å²) in [6, 6.07) is 8.76. The molecule has 0 atom stereocenters. The maximum absolute atomic E-state index is 9.11. The number of nitrogens with one attached hydrogen (secondary N) is 1. The van der Waals surface area contributed by atoms with E-state index in [1.165, 1.54) is 0 Å². The third-order valence-corrected chi connectivity index (χ3v) is 6.82. The fraction of sp³-hybridized carbons (Fsp3) is 0.500. The maximum atomic E-state index is 9.11. The van der Waals surface area contributed by atoms with Gasteiger partial charge in [0.2, 0.25) is 0 Å². The van der Waals surface area contributed by atoms with E-state index in [2.05, 4.69) is 44.7 Å². The Balaban J connectivity index is 1.41. The number of hydrogen-bond acceptors (Lipinski definition) is 6. The van der Waals surface area contributed by atoms with Gasteiger partial charge >= 0.3 is 6.01 Å². The van der Waals surface area contributed by atoms with Gasteiger partial charge in [0.1, 0.15) is 5.84 Å². The van der Waals surface area contributed by atoms with Crippen LogP contribution in [0, 0.1) is 10.8 Å². The zero-order valence-corrected chi connectivity index (χ0v) is 16.9. The molecule has 5 rings (SSSR count). The van der Waals surface area contributed by atoms with Crippen LogP contribution in [0.4, 0.5) is 5.69 Å². The summed E-state index contributed by atoms with van der Waals surface area (Å²) in [6.07, 6.45) is 9.96. The van der Waals surface area contributed by atoms with Crippen molar-refractivity contribution in [3.8, 4) is 17.1 Å². The predicted octanol–water partition coefficient (Wildman–Crippen LogP) is 4.04. The molecule has 1 aromatic carbocycles. The Morgan fingerprint density at radius 3 is 2.45 bits per heavy atom. The lowest BCUT2D eigenvalue weighted by Crippen LogP contribution is -2.50. The van der Waals surface area contributed by atoms with Gasteiger partial charge in [-0.3, -0.25) is 0 Å².